The molecule has 4 heterocycles. The van der Waals surface area contributed by atoms with Crippen molar-refractivity contribution in [3.05, 3.63) is 59.3 Å². The van der Waals surface area contributed by atoms with Crippen molar-refractivity contribution >= 4 is 33.8 Å². The minimum Gasteiger partial charge on any atom is -0.379 e. The molecule has 0 bridgehead atoms. The number of carbonyl (C=O) groups is 1. The van der Waals surface area contributed by atoms with E-state index in [0.29, 0.717) is 62.6 Å². The Morgan fingerprint density at radius 3 is 2.36 bits per heavy atom. The van der Waals surface area contributed by atoms with Gasteiger partial charge < -0.3 is 25.4 Å². The summed E-state index contributed by atoms with van der Waals surface area (Å²) >= 11 is 1.05. The number of pyridine rings is 1. The van der Waals surface area contributed by atoms with E-state index in [0.717, 1.165) is 30.1 Å². The number of nitrogens with two attached hydrogens (primary N) is 1. The van der Waals surface area contributed by atoms with E-state index in [9.17, 15) is 4.79 Å². The molecule has 0 spiro atoms. The molecule has 3 N–H and O–H groups in total. The van der Waals surface area contributed by atoms with Crippen molar-refractivity contribution in [3.8, 4) is 10.4 Å². The second kappa shape index (κ2) is 10.9. The first-order valence-electron chi connectivity index (χ1n) is 11.8. The highest BCUT2D eigenvalue weighted by Gasteiger charge is 2.23. The van der Waals surface area contributed by atoms with Gasteiger partial charge in [0.15, 0.2) is 0 Å². The molecule has 0 unspecified atom stereocenters. The third-order valence-corrected chi connectivity index (χ3v) is 7.25. The number of halogens is 2. The number of thiophene rings is 1. The Labute approximate surface area is 211 Å². The number of carbonyl (C=O) groups excluding carboxylic acids is 1. The first kappa shape index (κ1) is 24.6. The van der Waals surface area contributed by atoms with E-state index in [1.165, 1.54) is 18.2 Å². The molecule has 2 saturated heterocycles. The van der Waals surface area contributed by atoms with Crippen molar-refractivity contribution in [2.45, 2.75) is 6.54 Å². The number of hydrogen-bond donors (Lipinski definition) is 2. The minimum absolute atomic E-state index is 0.145. The van der Waals surface area contributed by atoms with Gasteiger partial charge in [-0.1, -0.05) is 6.07 Å². The molecule has 0 radical (unpaired) electrons. The number of nitrogens with one attached hydrogen (secondary N) is 1. The molecular weight excluding hydrogens is 488 g/mol. The fourth-order valence-electron chi connectivity index (χ4n) is 4.33. The van der Waals surface area contributed by atoms with Crippen LogP contribution in [0.5, 0.6) is 0 Å². The minimum atomic E-state index is -0.703. The van der Waals surface area contributed by atoms with Gasteiger partial charge in [-0.2, -0.15) is 0 Å². The highest BCUT2D eigenvalue weighted by atomic mass is 32.1. The summed E-state index contributed by atoms with van der Waals surface area (Å²) in [5.74, 6) is -1.59. The van der Waals surface area contributed by atoms with Gasteiger partial charge in [0.2, 0.25) is 0 Å². The summed E-state index contributed by atoms with van der Waals surface area (Å²) in [4.78, 5) is 21.2. The summed E-state index contributed by atoms with van der Waals surface area (Å²) in [6.45, 7) is 5.87. The zero-order valence-corrected chi connectivity index (χ0v) is 20.5. The fraction of sp³-hybridized carbons (Fsp3) is 0.360. The van der Waals surface area contributed by atoms with Gasteiger partial charge in [-0.05, 0) is 30.3 Å². The lowest BCUT2D eigenvalue weighted by atomic mass is 10.1. The number of amides is 1. The number of ether oxygens (including phenoxy) is 2. The fourth-order valence-corrected chi connectivity index (χ4v) is 5.45. The molecule has 0 atom stereocenters. The Bertz CT molecular complexity index is 1220. The molecule has 2 aromatic heterocycles. The predicted octanol–water partition coefficient (Wildman–Crippen LogP) is 3.60. The van der Waals surface area contributed by atoms with Crippen molar-refractivity contribution in [2.24, 2.45) is 5.73 Å². The van der Waals surface area contributed by atoms with E-state index >= 15 is 8.78 Å². The van der Waals surface area contributed by atoms with E-state index in [4.69, 9.17) is 15.2 Å². The lowest BCUT2D eigenvalue weighted by Crippen LogP contribution is -2.36. The normalized spacial score (nSPS) is 16.8. The zero-order chi connectivity index (χ0) is 25.1. The number of anilines is 3. The van der Waals surface area contributed by atoms with Gasteiger partial charge in [0.1, 0.15) is 22.5 Å². The molecule has 1 amide bonds. The van der Waals surface area contributed by atoms with Gasteiger partial charge >= 0.3 is 0 Å². The van der Waals surface area contributed by atoms with Crippen LogP contribution in [0.1, 0.15) is 16.1 Å². The second-order valence-electron chi connectivity index (χ2n) is 8.63. The molecular formula is C25H27F2N5O3S. The Balaban J connectivity index is 1.40. The molecule has 11 heteroatoms. The molecule has 2 aliphatic rings. The van der Waals surface area contributed by atoms with Crippen molar-refractivity contribution in [3.63, 3.8) is 0 Å². The Morgan fingerprint density at radius 2 is 1.69 bits per heavy atom. The number of rotatable bonds is 7. The SMILES string of the molecule is NC(=O)c1cc(-c2c(F)cc(N3CCOCC3)cc2F)sc1Nc1cccc(CN2CCOCC2)n1. The number of aromatic nitrogens is 1. The maximum atomic E-state index is 15.1. The van der Waals surface area contributed by atoms with E-state index in [1.807, 2.05) is 17.0 Å². The molecule has 190 valence electrons. The average Bonchev–Trinajstić information content (AvgIpc) is 3.28. The first-order chi connectivity index (χ1) is 17.5. The largest absolute Gasteiger partial charge is 0.379 e. The molecule has 3 aromatic rings. The topological polar surface area (TPSA) is 93.0 Å². The van der Waals surface area contributed by atoms with Crippen LogP contribution in [-0.4, -0.2) is 68.4 Å². The smallest absolute Gasteiger partial charge is 0.251 e. The molecule has 0 saturated carbocycles. The Morgan fingerprint density at radius 1 is 1.03 bits per heavy atom. The number of primary amides is 1. The van der Waals surface area contributed by atoms with Gasteiger partial charge in [0.25, 0.3) is 5.91 Å². The van der Waals surface area contributed by atoms with E-state index in [1.54, 1.807) is 6.07 Å². The molecule has 8 nitrogen and oxygen atoms in total. The van der Waals surface area contributed by atoms with Crippen LogP contribution in [0.3, 0.4) is 0 Å². The summed E-state index contributed by atoms with van der Waals surface area (Å²) in [5, 5.41) is 3.50. The Hall–Kier alpha value is -3.12. The summed E-state index contributed by atoms with van der Waals surface area (Å²) in [7, 11) is 0. The predicted molar refractivity (Wildman–Crippen MR) is 135 cm³/mol. The number of morpholine rings is 2. The molecule has 1 aromatic carbocycles. The Kier molecular flexibility index (Phi) is 7.42. The maximum absolute atomic E-state index is 15.1. The van der Waals surface area contributed by atoms with Crippen molar-refractivity contribution in [1.82, 2.24) is 9.88 Å². The van der Waals surface area contributed by atoms with Crippen LogP contribution in [0.2, 0.25) is 0 Å². The maximum Gasteiger partial charge on any atom is 0.251 e. The monoisotopic (exact) mass is 515 g/mol. The van der Waals surface area contributed by atoms with Crippen molar-refractivity contribution < 1.29 is 23.0 Å². The van der Waals surface area contributed by atoms with E-state index in [-0.39, 0.29) is 16.0 Å². The molecule has 2 aliphatic heterocycles. The standard InChI is InChI=1S/C25H27F2N5O3S/c26-19-12-17(32-6-10-35-11-7-32)13-20(27)23(19)21-14-18(24(28)33)25(36-21)30-22-3-1-2-16(29-22)15-31-4-8-34-9-5-31/h1-3,12-14H,4-11,15H2,(H2,28,33)(H,29,30). The molecule has 5 rings (SSSR count). The van der Waals surface area contributed by atoms with Crippen LogP contribution in [0, 0.1) is 11.6 Å². The van der Waals surface area contributed by atoms with Gasteiger partial charge in [-0.3, -0.25) is 9.69 Å². The highest BCUT2D eigenvalue weighted by molar-refractivity contribution is 7.20. The number of hydrogen-bond acceptors (Lipinski definition) is 8. The lowest BCUT2D eigenvalue weighted by molar-refractivity contribution is 0.0337. The zero-order valence-electron chi connectivity index (χ0n) is 19.6. The summed E-state index contributed by atoms with van der Waals surface area (Å²) < 4.78 is 41.0. The van der Waals surface area contributed by atoms with Gasteiger partial charge in [0.05, 0.1) is 43.2 Å². The van der Waals surface area contributed by atoms with Crippen LogP contribution < -0.4 is 16.0 Å². The van der Waals surface area contributed by atoms with Crippen molar-refractivity contribution in [1.29, 1.82) is 0 Å². The quantitative estimate of drug-likeness (QED) is 0.497. The third kappa shape index (κ3) is 5.49. The third-order valence-electron chi connectivity index (χ3n) is 6.18. The number of benzene rings is 1. The van der Waals surface area contributed by atoms with Crippen molar-refractivity contribution in [2.75, 3.05) is 62.8 Å². The lowest BCUT2D eigenvalue weighted by Gasteiger charge is -2.29. The van der Waals surface area contributed by atoms with Gasteiger partial charge in [0, 0.05) is 43.3 Å². The molecule has 2 fully saturated rings. The van der Waals surface area contributed by atoms with Crippen LogP contribution >= 0.6 is 11.3 Å². The summed E-state index contributed by atoms with van der Waals surface area (Å²) in [5.41, 5.74) is 6.86. The summed E-state index contributed by atoms with van der Waals surface area (Å²) in [6.07, 6.45) is 0. The van der Waals surface area contributed by atoms with Gasteiger partial charge in [-0.15, -0.1) is 11.3 Å². The van der Waals surface area contributed by atoms with Gasteiger partial charge in [-0.25, -0.2) is 13.8 Å². The highest BCUT2D eigenvalue weighted by Crippen LogP contribution is 2.40. The molecule has 36 heavy (non-hydrogen) atoms. The first-order valence-corrected chi connectivity index (χ1v) is 12.6. The van der Waals surface area contributed by atoms with Crippen LogP contribution in [0.25, 0.3) is 10.4 Å². The van der Waals surface area contributed by atoms with Crippen LogP contribution in [0.15, 0.2) is 36.4 Å². The summed E-state index contributed by atoms with van der Waals surface area (Å²) in [6, 6.07) is 9.62. The number of nitrogens with zero attached hydrogens (tertiary/aromatic N) is 3. The van der Waals surface area contributed by atoms with E-state index < -0.39 is 17.5 Å². The second-order valence-corrected chi connectivity index (χ2v) is 9.68. The van der Waals surface area contributed by atoms with E-state index in [2.05, 4.69) is 15.2 Å². The van der Waals surface area contributed by atoms with Crippen LogP contribution in [0.4, 0.5) is 25.3 Å². The molecule has 0 aliphatic carbocycles. The average molecular weight is 516 g/mol. The van der Waals surface area contributed by atoms with Crippen LogP contribution in [-0.2, 0) is 16.0 Å².